The Labute approximate surface area is 126 Å². The lowest BCUT2D eigenvalue weighted by Crippen LogP contribution is -1.87. The molecule has 3 aromatic rings. The van der Waals surface area contributed by atoms with Crippen LogP contribution in [0.15, 0.2) is 16.9 Å². The lowest BCUT2D eigenvalue weighted by Gasteiger charge is -1.88. The highest BCUT2D eigenvalue weighted by molar-refractivity contribution is 7.18. The standard InChI is InChI=1S/C14H17N5OS/c1-4-5-6-11-17-13(20-18-11)12-9(2)16-14(21-12)10-7-15-19(3)8-10/h7-8H,4-6H2,1-3H3. The molecule has 21 heavy (non-hydrogen) atoms. The van der Waals surface area contributed by atoms with Crippen LogP contribution in [0.1, 0.15) is 31.3 Å². The Bertz CT molecular complexity index is 742. The van der Waals surface area contributed by atoms with Crippen molar-refractivity contribution < 1.29 is 4.52 Å². The summed E-state index contributed by atoms with van der Waals surface area (Å²) in [4.78, 5) is 9.98. The van der Waals surface area contributed by atoms with E-state index in [0.717, 1.165) is 46.2 Å². The first-order valence-corrected chi connectivity index (χ1v) is 7.78. The highest BCUT2D eigenvalue weighted by Crippen LogP contribution is 2.34. The average Bonchev–Trinajstić information content (AvgIpc) is 3.16. The molecule has 3 aromatic heterocycles. The Balaban J connectivity index is 1.89. The number of aryl methyl sites for hydroxylation is 3. The van der Waals surface area contributed by atoms with Crippen LogP contribution in [0.2, 0.25) is 0 Å². The van der Waals surface area contributed by atoms with Crippen molar-refractivity contribution in [2.75, 3.05) is 0 Å². The maximum absolute atomic E-state index is 5.37. The summed E-state index contributed by atoms with van der Waals surface area (Å²) in [5.41, 5.74) is 1.91. The lowest BCUT2D eigenvalue weighted by molar-refractivity contribution is 0.422. The van der Waals surface area contributed by atoms with Gasteiger partial charge in [-0.2, -0.15) is 10.1 Å². The minimum Gasteiger partial charge on any atom is -0.333 e. The summed E-state index contributed by atoms with van der Waals surface area (Å²) in [5, 5.41) is 9.13. The molecule has 0 aliphatic rings. The monoisotopic (exact) mass is 303 g/mol. The zero-order chi connectivity index (χ0) is 14.8. The van der Waals surface area contributed by atoms with Crippen LogP contribution in [0.5, 0.6) is 0 Å². The number of aromatic nitrogens is 5. The van der Waals surface area contributed by atoms with Crippen LogP contribution in [0.3, 0.4) is 0 Å². The molecule has 0 unspecified atom stereocenters. The normalized spacial score (nSPS) is 11.2. The number of nitrogens with zero attached hydrogens (tertiary/aromatic N) is 5. The molecule has 0 amide bonds. The van der Waals surface area contributed by atoms with Crippen molar-refractivity contribution in [3.05, 3.63) is 23.9 Å². The highest BCUT2D eigenvalue weighted by atomic mass is 32.1. The second-order valence-electron chi connectivity index (χ2n) is 4.96. The van der Waals surface area contributed by atoms with Gasteiger partial charge in [0, 0.05) is 25.2 Å². The van der Waals surface area contributed by atoms with E-state index in [2.05, 4.69) is 27.1 Å². The molecule has 3 heterocycles. The third-order valence-electron chi connectivity index (χ3n) is 3.16. The average molecular weight is 303 g/mol. The third-order valence-corrected chi connectivity index (χ3v) is 4.36. The van der Waals surface area contributed by atoms with Crippen molar-refractivity contribution in [2.45, 2.75) is 33.1 Å². The molecule has 0 atom stereocenters. The number of hydrogen-bond acceptors (Lipinski definition) is 6. The quantitative estimate of drug-likeness (QED) is 0.723. The first kappa shape index (κ1) is 13.9. The van der Waals surface area contributed by atoms with Gasteiger partial charge in [0.05, 0.1) is 11.9 Å². The first-order chi connectivity index (χ1) is 10.2. The predicted octanol–water partition coefficient (Wildman–Crippen LogP) is 3.24. The molecule has 0 aromatic carbocycles. The molecule has 6 nitrogen and oxygen atoms in total. The van der Waals surface area contributed by atoms with E-state index in [9.17, 15) is 0 Å². The molecule has 0 fully saturated rings. The van der Waals surface area contributed by atoms with Crippen molar-refractivity contribution in [1.29, 1.82) is 0 Å². The fraction of sp³-hybridized carbons (Fsp3) is 0.429. The van der Waals surface area contributed by atoms with E-state index in [1.54, 1.807) is 16.0 Å². The summed E-state index contributed by atoms with van der Waals surface area (Å²) in [6, 6.07) is 0. The van der Waals surface area contributed by atoms with E-state index in [0.29, 0.717) is 5.89 Å². The topological polar surface area (TPSA) is 69.6 Å². The van der Waals surface area contributed by atoms with Gasteiger partial charge in [-0.1, -0.05) is 18.5 Å². The summed E-state index contributed by atoms with van der Waals surface area (Å²) in [5.74, 6) is 1.33. The molecule has 7 heteroatoms. The summed E-state index contributed by atoms with van der Waals surface area (Å²) in [7, 11) is 1.89. The van der Waals surface area contributed by atoms with Gasteiger partial charge in [-0.15, -0.1) is 11.3 Å². The van der Waals surface area contributed by atoms with Crippen LogP contribution in [-0.2, 0) is 13.5 Å². The zero-order valence-electron chi connectivity index (χ0n) is 12.3. The summed E-state index contributed by atoms with van der Waals surface area (Å²) in [6.07, 6.45) is 6.80. The largest absolute Gasteiger partial charge is 0.333 e. The molecule has 0 spiro atoms. The Morgan fingerprint density at radius 3 is 2.90 bits per heavy atom. The van der Waals surface area contributed by atoms with Gasteiger partial charge in [0.2, 0.25) is 0 Å². The highest BCUT2D eigenvalue weighted by Gasteiger charge is 2.17. The molecular formula is C14H17N5OS. The summed E-state index contributed by atoms with van der Waals surface area (Å²) >= 11 is 1.56. The molecule has 0 N–H and O–H groups in total. The van der Waals surface area contributed by atoms with Gasteiger partial charge >= 0.3 is 0 Å². The second-order valence-corrected chi connectivity index (χ2v) is 5.95. The Hall–Kier alpha value is -2.02. The van der Waals surface area contributed by atoms with Gasteiger partial charge in [0.15, 0.2) is 5.82 Å². The molecular weight excluding hydrogens is 286 g/mol. The van der Waals surface area contributed by atoms with Crippen LogP contribution < -0.4 is 0 Å². The minimum absolute atomic E-state index is 0.561. The fourth-order valence-electron chi connectivity index (χ4n) is 2.03. The molecule has 0 saturated heterocycles. The third kappa shape index (κ3) is 2.87. The van der Waals surface area contributed by atoms with Crippen LogP contribution in [0, 0.1) is 6.92 Å². The second kappa shape index (κ2) is 5.77. The molecule has 0 bridgehead atoms. The van der Waals surface area contributed by atoms with Crippen LogP contribution in [0.25, 0.3) is 21.3 Å². The Morgan fingerprint density at radius 1 is 1.33 bits per heavy atom. The van der Waals surface area contributed by atoms with E-state index in [1.807, 2.05) is 26.4 Å². The Morgan fingerprint density at radius 2 is 2.19 bits per heavy atom. The molecule has 110 valence electrons. The summed E-state index contributed by atoms with van der Waals surface area (Å²) in [6.45, 7) is 4.11. The first-order valence-electron chi connectivity index (χ1n) is 6.96. The van der Waals surface area contributed by atoms with E-state index in [1.165, 1.54) is 0 Å². The Kier molecular flexibility index (Phi) is 3.83. The van der Waals surface area contributed by atoms with E-state index >= 15 is 0 Å². The number of hydrogen-bond donors (Lipinski definition) is 0. The number of unbranched alkanes of at least 4 members (excludes halogenated alkanes) is 1. The smallest absolute Gasteiger partial charge is 0.269 e. The van der Waals surface area contributed by atoms with E-state index in [-0.39, 0.29) is 0 Å². The maximum atomic E-state index is 5.37. The van der Waals surface area contributed by atoms with E-state index < -0.39 is 0 Å². The van der Waals surface area contributed by atoms with Crippen molar-refractivity contribution in [1.82, 2.24) is 24.9 Å². The zero-order valence-corrected chi connectivity index (χ0v) is 13.1. The van der Waals surface area contributed by atoms with Crippen molar-refractivity contribution in [3.8, 4) is 21.3 Å². The van der Waals surface area contributed by atoms with Gasteiger partial charge in [-0.05, 0) is 13.3 Å². The molecule has 0 aliphatic carbocycles. The van der Waals surface area contributed by atoms with Gasteiger partial charge in [0.25, 0.3) is 5.89 Å². The van der Waals surface area contributed by atoms with Crippen LogP contribution in [0.4, 0.5) is 0 Å². The molecule has 0 aliphatic heterocycles. The number of thiazole rings is 1. The van der Waals surface area contributed by atoms with Gasteiger partial charge in [0.1, 0.15) is 9.88 Å². The SMILES string of the molecule is CCCCc1noc(-c2sc(-c3cnn(C)c3)nc2C)n1. The molecule has 3 rings (SSSR count). The van der Waals surface area contributed by atoms with Gasteiger partial charge < -0.3 is 4.52 Å². The maximum Gasteiger partial charge on any atom is 0.269 e. The van der Waals surface area contributed by atoms with Crippen LogP contribution in [-0.4, -0.2) is 24.9 Å². The van der Waals surface area contributed by atoms with Gasteiger partial charge in [-0.3, -0.25) is 4.68 Å². The van der Waals surface area contributed by atoms with Crippen LogP contribution >= 0.6 is 11.3 Å². The van der Waals surface area contributed by atoms with Crippen molar-refractivity contribution in [2.24, 2.45) is 7.05 Å². The summed E-state index contributed by atoms with van der Waals surface area (Å²) < 4.78 is 7.14. The lowest BCUT2D eigenvalue weighted by atomic mass is 10.2. The number of rotatable bonds is 5. The fourth-order valence-corrected chi connectivity index (χ4v) is 3.00. The molecule has 0 radical (unpaired) electrons. The molecule has 0 saturated carbocycles. The van der Waals surface area contributed by atoms with Gasteiger partial charge in [-0.25, -0.2) is 4.98 Å². The minimum atomic E-state index is 0.561. The van der Waals surface area contributed by atoms with Crippen molar-refractivity contribution in [3.63, 3.8) is 0 Å². The predicted molar refractivity (Wildman–Crippen MR) is 81.0 cm³/mol. The van der Waals surface area contributed by atoms with E-state index in [4.69, 9.17) is 4.52 Å². The van der Waals surface area contributed by atoms with Crippen molar-refractivity contribution >= 4 is 11.3 Å².